The maximum Gasteiger partial charge on any atom is 0.335 e. The Bertz CT molecular complexity index is 728. The lowest BCUT2D eigenvalue weighted by Crippen LogP contribution is -2.38. The number of halogens is 1. The lowest BCUT2D eigenvalue weighted by atomic mass is 9.94. The molecule has 21 heavy (non-hydrogen) atoms. The zero-order valence-electron chi connectivity index (χ0n) is 10.8. The van der Waals surface area contributed by atoms with Crippen LogP contribution in [0.1, 0.15) is 27.5 Å². The molecule has 0 saturated heterocycles. The van der Waals surface area contributed by atoms with Crippen LogP contribution in [0.25, 0.3) is 0 Å². The Labute approximate surface area is 125 Å². The van der Waals surface area contributed by atoms with E-state index < -0.39 is 12.0 Å². The summed E-state index contributed by atoms with van der Waals surface area (Å²) >= 11 is 5.87. The van der Waals surface area contributed by atoms with Crippen molar-refractivity contribution in [3.8, 4) is 0 Å². The van der Waals surface area contributed by atoms with Crippen LogP contribution < -0.4 is 10.6 Å². The quantitative estimate of drug-likeness (QED) is 0.796. The Morgan fingerprint density at radius 3 is 2.52 bits per heavy atom. The van der Waals surface area contributed by atoms with Crippen molar-refractivity contribution in [2.75, 3.05) is 5.32 Å². The molecule has 1 aliphatic rings. The minimum atomic E-state index is -1.01. The van der Waals surface area contributed by atoms with Crippen LogP contribution in [0.5, 0.6) is 0 Å². The van der Waals surface area contributed by atoms with Crippen molar-refractivity contribution >= 4 is 29.3 Å². The number of anilines is 1. The first-order valence-corrected chi connectivity index (χ1v) is 6.62. The van der Waals surface area contributed by atoms with Gasteiger partial charge in [-0.2, -0.15) is 0 Å². The molecule has 3 N–H and O–H groups in total. The number of carboxylic acid groups (broad SMARTS) is 1. The molecule has 0 aliphatic carbocycles. The van der Waals surface area contributed by atoms with Gasteiger partial charge < -0.3 is 15.7 Å². The summed E-state index contributed by atoms with van der Waals surface area (Å²) in [7, 11) is 0. The van der Waals surface area contributed by atoms with Gasteiger partial charge in [0.15, 0.2) is 0 Å². The van der Waals surface area contributed by atoms with Crippen LogP contribution in [0, 0.1) is 0 Å². The van der Waals surface area contributed by atoms with Crippen LogP contribution in [0.3, 0.4) is 0 Å². The molecular weight excluding hydrogens is 292 g/mol. The molecule has 1 aliphatic heterocycles. The van der Waals surface area contributed by atoms with Gasteiger partial charge in [0.2, 0.25) is 0 Å². The smallest absolute Gasteiger partial charge is 0.335 e. The summed E-state index contributed by atoms with van der Waals surface area (Å²) in [6.45, 7) is 0. The van der Waals surface area contributed by atoms with Crippen LogP contribution in [0.15, 0.2) is 42.5 Å². The predicted molar refractivity (Wildman–Crippen MR) is 78.9 cm³/mol. The van der Waals surface area contributed by atoms with Crippen molar-refractivity contribution < 1.29 is 14.7 Å². The normalized spacial score (nSPS) is 16.6. The molecule has 0 fully saturated rings. The summed E-state index contributed by atoms with van der Waals surface area (Å²) in [5, 5.41) is 15.2. The molecule has 2 aromatic rings. The van der Waals surface area contributed by atoms with Gasteiger partial charge in [0.25, 0.3) is 0 Å². The summed E-state index contributed by atoms with van der Waals surface area (Å²) in [6.07, 6.45) is 0. The Kier molecular flexibility index (Phi) is 3.27. The number of amides is 2. The zero-order valence-corrected chi connectivity index (χ0v) is 11.5. The van der Waals surface area contributed by atoms with E-state index >= 15 is 0 Å². The maximum atomic E-state index is 11.7. The first-order valence-electron chi connectivity index (χ1n) is 6.25. The van der Waals surface area contributed by atoms with E-state index in [1.54, 1.807) is 36.4 Å². The molecule has 0 spiro atoms. The van der Waals surface area contributed by atoms with Gasteiger partial charge >= 0.3 is 12.0 Å². The summed E-state index contributed by atoms with van der Waals surface area (Å²) in [5.74, 6) is -1.01. The molecule has 1 heterocycles. The van der Waals surface area contributed by atoms with Crippen molar-refractivity contribution in [1.82, 2.24) is 5.32 Å². The first-order chi connectivity index (χ1) is 10.0. The topological polar surface area (TPSA) is 78.4 Å². The first kappa shape index (κ1) is 13.5. The molecule has 0 saturated carbocycles. The number of hydrogen-bond donors (Lipinski definition) is 3. The summed E-state index contributed by atoms with van der Waals surface area (Å²) in [6, 6.07) is 10.9. The molecule has 2 amide bonds. The number of hydrogen-bond acceptors (Lipinski definition) is 2. The van der Waals surface area contributed by atoms with E-state index in [1.165, 1.54) is 6.07 Å². The van der Waals surface area contributed by atoms with Gasteiger partial charge in [0, 0.05) is 16.3 Å². The van der Waals surface area contributed by atoms with Gasteiger partial charge in [-0.1, -0.05) is 23.7 Å². The van der Waals surface area contributed by atoms with Crippen LogP contribution >= 0.6 is 11.6 Å². The lowest BCUT2D eigenvalue weighted by molar-refractivity contribution is 0.0697. The third-order valence-electron chi connectivity index (χ3n) is 3.34. The van der Waals surface area contributed by atoms with Crippen molar-refractivity contribution in [2.45, 2.75) is 6.04 Å². The van der Waals surface area contributed by atoms with Gasteiger partial charge in [0.05, 0.1) is 11.6 Å². The van der Waals surface area contributed by atoms with Crippen molar-refractivity contribution in [1.29, 1.82) is 0 Å². The highest BCUT2D eigenvalue weighted by molar-refractivity contribution is 6.30. The number of carbonyl (C=O) groups is 2. The summed E-state index contributed by atoms with van der Waals surface area (Å²) in [5.41, 5.74) is 2.31. The molecular formula is C15H11ClN2O3. The highest BCUT2D eigenvalue weighted by atomic mass is 35.5. The molecule has 6 heteroatoms. The predicted octanol–water partition coefficient (Wildman–Crippen LogP) is 3.26. The number of rotatable bonds is 2. The molecule has 0 radical (unpaired) electrons. The van der Waals surface area contributed by atoms with E-state index in [1.807, 2.05) is 0 Å². The van der Waals surface area contributed by atoms with Crippen LogP contribution in [-0.2, 0) is 0 Å². The third-order valence-corrected chi connectivity index (χ3v) is 3.59. The number of carbonyl (C=O) groups excluding carboxylic acids is 1. The average Bonchev–Trinajstić information content (AvgIpc) is 2.46. The maximum absolute atomic E-state index is 11.7. The highest BCUT2D eigenvalue weighted by Crippen LogP contribution is 2.33. The Morgan fingerprint density at radius 2 is 1.86 bits per heavy atom. The van der Waals surface area contributed by atoms with E-state index in [2.05, 4.69) is 10.6 Å². The molecule has 1 unspecified atom stereocenters. The average molecular weight is 303 g/mol. The Hall–Kier alpha value is -2.53. The third kappa shape index (κ3) is 2.55. The fourth-order valence-corrected chi connectivity index (χ4v) is 2.46. The Balaban J connectivity index is 2.10. The van der Waals surface area contributed by atoms with Crippen LogP contribution in [0.2, 0.25) is 5.02 Å². The second-order valence-corrected chi connectivity index (χ2v) is 5.13. The number of aromatic carboxylic acids is 1. The van der Waals surface area contributed by atoms with Gasteiger partial charge in [-0.25, -0.2) is 9.59 Å². The van der Waals surface area contributed by atoms with Gasteiger partial charge in [-0.3, -0.25) is 0 Å². The minimum absolute atomic E-state index is 0.172. The van der Waals surface area contributed by atoms with Crippen molar-refractivity contribution in [2.24, 2.45) is 0 Å². The molecule has 2 aromatic carbocycles. The lowest BCUT2D eigenvalue weighted by Gasteiger charge is -2.28. The number of fused-ring (bicyclic) bond motifs is 1. The largest absolute Gasteiger partial charge is 0.478 e. The van der Waals surface area contributed by atoms with Crippen molar-refractivity contribution in [3.05, 3.63) is 64.2 Å². The summed E-state index contributed by atoms with van der Waals surface area (Å²) < 4.78 is 0. The Morgan fingerprint density at radius 1 is 1.14 bits per heavy atom. The van der Waals surface area contributed by atoms with Gasteiger partial charge in [-0.05, 0) is 35.9 Å². The number of nitrogens with one attached hydrogen (secondary N) is 2. The number of benzene rings is 2. The number of carboxylic acids is 1. The molecule has 3 rings (SSSR count). The van der Waals surface area contributed by atoms with E-state index in [4.69, 9.17) is 16.7 Å². The number of urea groups is 1. The molecule has 5 nitrogen and oxygen atoms in total. The van der Waals surface area contributed by atoms with E-state index in [0.29, 0.717) is 16.3 Å². The van der Waals surface area contributed by atoms with E-state index in [-0.39, 0.29) is 11.6 Å². The van der Waals surface area contributed by atoms with Crippen LogP contribution in [-0.4, -0.2) is 17.1 Å². The van der Waals surface area contributed by atoms with E-state index in [9.17, 15) is 9.59 Å². The zero-order chi connectivity index (χ0) is 15.0. The second kappa shape index (κ2) is 5.10. The summed E-state index contributed by atoms with van der Waals surface area (Å²) in [4.78, 5) is 22.8. The fraction of sp³-hybridized carbons (Fsp3) is 0.0667. The standard InChI is InChI=1S/C15H11ClN2O3/c16-10-4-1-8(2-5-10)13-11-7-9(14(19)20)3-6-12(11)17-15(21)18-13/h1-7,13H,(H,19,20)(H2,17,18,21). The highest BCUT2D eigenvalue weighted by Gasteiger charge is 2.26. The molecule has 106 valence electrons. The fourth-order valence-electron chi connectivity index (χ4n) is 2.33. The van der Waals surface area contributed by atoms with E-state index in [0.717, 1.165) is 5.56 Å². The van der Waals surface area contributed by atoms with Gasteiger partial charge in [0.1, 0.15) is 0 Å². The molecule has 0 bridgehead atoms. The van der Waals surface area contributed by atoms with Crippen molar-refractivity contribution in [3.63, 3.8) is 0 Å². The monoisotopic (exact) mass is 302 g/mol. The minimum Gasteiger partial charge on any atom is -0.478 e. The van der Waals surface area contributed by atoms with Gasteiger partial charge in [-0.15, -0.1) is 0 Å². The molecule has 1 atom stereocenters. The SMILES string of the molecule is O=C1Nc2ccc(C(=O)O)cc2C(c2ccc(Cl)cc2)N1. The van der Waals surface area contributed by atoms with Crippen LogP contribution in [0.4, 0.5) is 10.5 Å². The second-order valence-electron chi connectivity index (χ2n) is 4.69. The molecule has 0 aromatic heterocycles.